The summed E-state index contributed by atoms with van der Waals surface area (Å²) in [5, 5.41) is 4.01. The zero-order chi connectivity index (χ0) is 13.8. The maximum absolute atomic E-state index is 12.2. The van der Waals surface area contributed by atoms with E-state index >= 15 is 0 Å². The Bertz CT molecular complexity index is 559. The molecular formula is C14H15N3O2S. The molecule has 0 bridgehead atoms. The molecule has 3 rings (SSSR count). The summed E-state index contributed by atoms with van der Waals surface area (Å²) < 4.78 is 5.73. The Labute approximate surface area is 121 Å². The Morgan fingerprint density at radius 1 is 1.50 bits per heavy atom. The number of likely N-dealkylation sites (tertiary alicyclic amines) is 1. The van der Waals surface area contributed by atoms with E-state index in [1.165, 1.54) is 0 Å². The van der Waals surface area contributed by atoms with Gasteiger partial charge in [0.2, 0.25) is 11.8 Å². The highest BCUT2D eigenvalue weighted by atomic mass is 32.1. The van der Waals surface area contributed by atoms with Crippen LogP contribution in [0.1, 0.15) is 12.0 Å². The van der Waals surface area contributed by atoms with Crippen molar-refractivity contribution in [1.82, 2.24) is 14.9 Å². The molecule has 2 aromatic heterocycles. The van der Waals surface area contributed by atoms with Crippen LogP contribution in [-0.2, 0) is 11.2 Å². The molecule has 0 spiro atoms. The lowest BCUT2D eigenvalue weighted by Crippen LogP contribution is -2.32. The predicted molar refractivity (Wildman–Crippen MR) is 75.7 cm³/mol. The monoisotopic (exact) mass is 289 g/mol. The molecular weight excluding hydrogens is 274 g/mol. The van der Waals surface area contributed by atoms with Gasteiger partial charge in [-0.1, -0.05) is 0 Å². The number of nitrogens with zero attached hydrogens (tertiary/aromatic N) is 3. The molecule has 1 aliphatic rings. The molecule has 1 fully saturated rings. The Kier molecular flexibility index (Phi) is 3.92. The summed E-state index contributed by atoms with van der Waals surface area (Å²) in [5.74, 6) is 0.679. The second kappa shape index (κ2) is 6.00. The molecule has 1 saturated heterocycles. The Hall–Kier alpha value is -1.95. The highest BCUT2D eigenvalue weighted by Gasteiger charge is 2.27. The number of hydrogen-bond donors (Lipinski definition) is 0. The first-order chi connectivity index (χ1) is 9.81. The molecule has 104 valence electrons. The van der Waals surface area contributed by atoms with E-state index in [1.54, 1.807) is 29.9 Å². The van der Waals surface area contributed by atoms with Gasteiger partial charge in [-0.15, -0.1) is 0 Å². The van der Waals surface area contributed by atoms with Gasteiger partial charge in [0.1, 0.15) is 6.10 Å². The van der Waals surface area contributed by atoms with Crippen molar-refractivity contribution in [2.75, 3.05) is 13.1 Å². The van der Waals surface area contributed by atoms with Crippen molar-refractivity contribution >= 4 is 17.2 Å². The normalized spacial score (nSPS) is 18.2. The third kappa shape index (κ3) is 3.14. The molecule has 20 heavy (non-hydrogen) atoms. The van der Waals surface area contributed by atoms with Crippen LogP contribution in [0.25, 0.3) is 0 Å². The van der Waals surface area contributed by atoms with E-state index in [1.807, 2.05) is 21.7 Å². The van der Waals surface area contributed by atoms with Crippen molar-refractivity contribution in [2.24, 2.45) is 0 Å². The van der Waals surface area contributed by atoms with Gasteiger partial charge in [0.05, 0.1) is 19.2 Å². The summed E-state index contributed by atoms with van der Waals surface area (Å²) >= 11 is 1.62. The van der Waals surface area contributed by atoms with Crippen LogP contribution in [0.5, 0.6) is 5.88 Å². The summed E-state index contributed by atoms with van der Waals surface area (Å²) in [5.41, 5.74) is 1.08. The lowest BCUT2D eigenvalue weighted by molar-refractivity contribution is -0.129. The SMILES string of the molecule is O=C(Cc1ccsc1)N1CC[C@H](Oc2cnccn2)C1. The summed E-state index contributed by atoms with van der Waals surface area (Å²) in [6.45, 7) is 1.37. The number of thiophene rings is 1. The van der Waals surface area contributed by atoms with Gasteiger partial charge in [-0.05, 0) is 22.4 Å². The molecule has 5 nitrogen and oxygen atoms in total. The third-order valence-electron chi connectivity index (χ3n) is 3.26. The molecule has 1 aliphatic heterocycles. The van der Waals surface area contributed by atoms with Crippen molar-refractivity contribution < 1.29 is 9.53 Å². The number of carbonyl (C=O) groups excluding carboxylic acids is 1. The largest absolute Gasteiger partial charge is 0.471 e. The predicted octanol–water partition coefficient (Wildman–Crippen LogP) is 1.76. The molecule has 0 aromatic carbocycles. The average Bonchev–Trinajstić information content (AvgIpc) is 3.11. The van der Waals surface area contributed by atoms with Gasteiger partial charge >= 0.3 is 0 Å². The summed E-state index contributed by atoms with van der Waals surface area (Å²) in [6.07, 6.45) is 6.13. The zero-order valence-corrected chi connectivity index (χ0v) is 11.8. The second-order valence-electron chi connectivity index (χ2n) is 4.72. The van der Waals surface area contributed by atoms with Crippen LogP contribution in [0.3, 0.4) is 0 Å². The van der Waals surface area contributed by atoms with Crippen LogP contribution >= 0.6 is 11.3 Å². The van der Waals surface area contributed by atoms with E-state index in [-0.39, 0.29) is 12.0 Å². The fourth-order valence-electron chi connectivity index (χ4n) is 2.25. The van der Waals surface area contributed by atoms with E-state index in [2.05, 4.69) is 9.97 Å². The van der Waals surface area contributed by atoms with Gasteiger partial charge in [-0.25, -0.2) is 4.98 Å². The maximum Gasteiger partial charge on any atom is 0.232 e. The lowest BCUT2D eigenvalue weighted by Gasteiger charge is -2.16. The van der Waals surface area contributed by atoms with Crippen LogP contribution in [0.4, 0.5) is 0 Å². The highest BCUT2D eigenvalue weighted by molar-refractivity contribution is 7.07. The molecule has 2 aromatic rings. The van der Waals surface area contributed by atoms with Crippen molar-refractivity contribution in [1.29, 1.82) is 0 Å². The second-order valence-corrected chi connectivity index (χ2v) is 5.50. The molecule has 0 N–H and O–H groups in total. The van der Waals surface area contributed by atoms with E-state index in [9.17, 15) is 4.79 Å². The van der Waals surface area contributed by atoms with Crippen LogP contribution in [0.2, 0.25) is 0 Å². The molecule has 0 radical (unpaired) electrons. The molecule has 6 heteroatoms. The first-order valence-electron chi connectivity index (χ1n) is 6.53. The molecule has 1 amide bonds. The third-order valence-corrected chi connectivity index (χ3v) is 3.99. The standard InChI is InChI=1S/C14H15N3O2S/c18-14(7-11-2-6-20-10-11)17-5-1-12(9-17)19-13-8-15-3-4-16-13/h2-4,6,8,10,12H,1,5,7,9H2/t12-/m0/s1. The number of rotatable bonds is 4. The molecule has 0 unspecified atom stereocenters. The minimum absolute atomic E-state index is 0.0122. The molecule has 1 atom stereocenters. The van der Waals surface area contributed by atoms with Gasteiger partial charge in [0.15, 0.2) is 0 Å². The number of carbonyl (C=O) groups is 1. The quantitative estimate of drug-likeness (QED) is 0.860. The van der Waals surface area contributed by atoms with Crippen molar-refractivity contribution in [3.8, 4) is 5.88 Å². The first kappa shape index (κ1) is 13.1. The van der Waals surface area contributed by atoms with Crippen LogP contribution in [-0.4, -0.2) is 40.0 Å². The Morgan fingerprint density at radius 3 is 3.20 bits per heavy atom. The average molecular weight is 289 g/mol. The maximum atomic E-state index is 12.2. The minimum Gasteiger partial charge on any atom is -0.471 e. The van der Waals surface area contributed by atoms with Crippen molar-refractivity contribution in [3.63, 3.8) is 0 Å². The van der Waals surface area contributed by atoms with Gasteiger partial charge in [0.25, 0.3) is 0 Å². The minimum atomic E-state index is 0.0122. The first-order valence-corrected chi connectivity index (χ1v) is 7.47. The number of hydrogen-bond acceptors (Lipinski definition) is 5. The lowest BCUT2D eigenvalue weighted by atomic mass is 10.2. The number of aromatic nitrogens is 2. The van der Waals surface area contributed by atoms with Gasteiger partial charge in [-0.3, -0.25) is 9.78 Å². The van der Waals surface area contributed by atoms with E-state index in [0.717, 1.165) is 18.5 Å². The fraction of sp³-hybridized carbons (Fsp3) is 0.357. The Balaban J connectivity index is 1.53. The van der Waals surface area contributed by atoms with Crippen LogP contribution in [0.15, 0.2) is 35.4 Å². The van der Waals surface area contributed by atoms with Gasteiger partial charge in [-0.2, -0.15) is 11.3 Å². The van der Waals surface area contributed by atoms with Crippen LogP contribution < -0.4 is 4.74 Å². The van der Waals surface area contributed by atoms with Crippen molar-refractivity contribution in [3.05, 3.63) is 41.0 Å². The smallest absolute Gasteiger partial charge is 0.232 e. The molecule has 0 aliphatic carbocycles. The summed E-state index contributed by atoms with van der Waals surface area (Å²) in [6, 6.07) is 1.99. The van der Waals surface area contributed by atoms with E-state index in [4.69, 9.17) is 4.74 Å². The summed E-state index contributed by atoms with van der Waals surface area (Å²) in [4.78, 5) is 22.1. The number of amides is 1. The topological polar surface area (TPSA) is 55.3 Å². The zero-order valence-electron chi connectivity index (χ0n) is 10.9. The Morgan fingerprint density at radius 2 is 2.45 bits per heavy atom. The van der Waals surface area contributed by atoms with Crippen LogP contribution in [0, 0.1) is 0 Å². The fourth-order valence-corrected chi connectivity index (χ4v) is 2.92. The molecule has 0 saturated carbocycles. The van der Waals surface area contributed by atoms with Gasteiger partial charge in [0, 0.05) is 25.4 Å². The van der Waals surface area contributed by atoms with E-state index in [0.29, 0.717) is 18.8 Å². The summed E-state index contributed by atoms with van der Waals surface area (Å²) in [7, 11) is 0. The van der Waals surface area contributed by atoms with E-state index < -0.39 is 0 Å². The molecule has 3 heterocycles. The highest BCUT2D eigenvalue weighted by Crippen LogP contribution is 2.17. The van der Waals surface area contributed by atoms with Gasteiger partial charge < -0.3 is 9.64 Å². The van der Waals surface area contributed by atoms with Crippen molar-refractivity contribution in [2.45, 2.75) is 18.9 Å². The number of ether oxygens (including phenoxy) is 1.